The molecule has 3 nitrogen and oxygen atoms in total. The van der Waals surface area contributed by atoms with Crippen LogP contribution >= 0.6 is 0 Å². The largest absolute Gasteiger partial charge is 0.305 e. The van der Waals surface area contributed by atoms with Crippen LogP contribution < -0.4 is 5.32 Å². The van der Waals surface area contributed by atoms with Gasteiger partial charge in [-0.05, 0) is 18.4 Å². The summed E-state index contributed by atoms with van der Waals surface area (Å²) in [5.41, 5.74) is 3.77. The summed E-state index contributed by atoms with van der Waals surface area (Å²) in [6.45, 7) is 7.47. The molecule has 2 N–H and O–H groups in total. The molecule has 0 fully saturated rings. The highest BCUT2D eigenvalue weighted by molar-refractivity contribution is 5.21. The minimum Gasteiger partial charge on any atom is -0.305 e. The predicted molar refractivity (Wildman–Crippen MR) is 83.4 cm³/mol. The van der Waals surface area contributed by atoms with E-state index in [1.165, 1.54) is 24.0 Å². The first kappa shape index (κ1) is 14.8. The third kappa shape index (κ3) is 3.48. The Morgan fingerprint density at radius 1 is 1.15 bits per heavy atom. The molecule has 0 spiro atoms. The van der Waals surface area contributed by atoms with Crippen LogP contribution in [-0.2, 0) is 6.54 Å². The minimum atomic E-state index is 0.403. The molecule has 0 aliphatic heterocycles. The number of rotatable bonds is 7. The van der Waals surface area contributed by atoms with Gasteiger partial charge in [0.2, 0.25) is 0 Å². The van der Waals surface area contributed by atoms with Crippen LogP contribution in [0.2, 0.25) is 0 Å². The number of H-pyrrole nitrogens is 1. The highest BCUT2D eigenvalue weighted by atomic mass is 15.1. The molecule has 0 amide bonds. The molecular formula is C17H25N3. The molecule has 1 aromatic carbocycles. The Morgan fingerprint density at radius 3 is 2.40 bits per heavy atom. The van der Waals surface area contributed by atoms with Crippen molar-refractivity contribution in [2.45, 2.75) is 46.2 Å². The molecule has 3 heteroatoms. The molecule has 20 heavy (non-hydrogen) atoms. The molecule has 0 saturated heterocycles. The molecule has 2 aromatic rings. The molecule has 0 aliphatic rings. The zero-order valence-corrected chi connectivity index (χ0v) is 12.7. The van der Waals surface area contributed by atoms with E-state index in [-0.39, 0.29) is 0 Å². The zero-order chi connectivity index (χ0) is 14.4. The number of nitrogens with one attached hydrogen (secondary N) is 2. The van der Waals surface area contributed by atoms with Gasteiger partial charge in [0.1, 0.15) is 0 Å². The molecular weight excluding hydrogens is 246 g/mol. The normalized spacial score (nSPS) is 12.8. The molecule has 1 aromatic heterocycles. The van der Waals surface area contributed by atoms with Crippen molar-refractivity contribution >= 4 is 0 Å². The van der Waals surface area contributed by atoms with E-state index in [1.54, 1.807) is 0 Å². The van der Waals surface area contributed by atoms with Gasteiger partial charge in [0.25, 0.3) is 0 Å². The van der Waals surface area contributed by atoms with E-state index in [1.807, 2.05) is 6.20 Å². The Balaban J connectivity index is 2.13. The van der Waals surface area contributed by atoms with Crippen molar-refractivity contribution in [2.24, 2.45) is 5.92 Å². The summed E-state index contributed by atoms with van der Waals surface area (Å²) in [6, 6.07) is 11.2. The molecule has 2 rings (SSSR count). The maximum atomic E-state index is 4.09. The van der Waals surface area contributed by atoms with Crippen molar-refractivity contribution in [3.8, 4) is 0 Å². The Bertz CT molecular complexity index is 500. The first-order valence-corrected chi connectivity index (χ1v) is 7.53. The minimum absolute atomic E-state index is 0.403. The standard InChI is InChI=1S/C17H25N3/c1-4-14(5-2)17(15-9-7-6-8-10-15)18-11-16-12-19-20-13(16)3/h6-10,12,14,17-18H,4-5,11H2,1-3H3,(H,19,20). The van der Waals surface area contributed by atoms with Crippen LogP contribution in [-0.4, -0.2) is 10.2 Å². The van der Waals surface area contributed by atoms with Crippen molar-refractivity contribution in [1.29, 1.82) is 0 Å². The number of aromatic nitrogens is 2. The van der Waals surface area contributed by atoms with E-state index in [0.29, 0.717) is 12.0 Å². The van der Waals surface area contributed by atoms with Gasteiger partial charge in [0.15, 0.2) is 0 Å². The second-order valence-electron chi connectivity index (χ2n) is 5.37. The van der Waals surface area contributed by atoms with E-state index in [9.17, 15) is 0 Å². The van der Waals surface area contributed by atoms with Gasteiger partial charge in [-0.2, -0.15) is 5.10 Å². The Labute approximate surface area is 121 Å². The number of aromatic amines is 1. The molecule has 1 heterocycles. The molecule has 0 radical (unpaired) electrons. The Kier molecular flexibility index (Phi) is 5.36. The summed E-state index contributed by atoms with van der Waals surface area (Å²) < 4.78 is 0. The fourth-order valence-electron chi connectivity index (χ4n) is 2.75. The van der Waals surface area contributed by atoms with Crippen LogP contribution in [0.25, 0.3) is 0 Å². The quantitative estimate of drug-likeness (QED) is 0.799. The van der Waals surface area contributed by atoms with E-state index < -0.39 is 0 Å². The average Bonchev–Trinajstić information content (AvgIpc) is 2.90. The molecule has 1 unspecified atom stereocenters. The lowest BCUT2D eigenvalue weighted by Gasteiger charge is -2.27. The summed E-state index contributed by atoms with van der Waals surface area (Å²) in [6.07, 6.45) is 4.29. The second kappa shape index (κ2) is 7.25. The van der Waals surface area contributed by atoms with Crippen LogP contribution in [0.15, 0.2) is 36.5 Å². The van der Waals surface area contributed by atoms with Gasteiger partial charge in [0, 0.05) is 23.8 Å². The first-order chi connectivity index (χ1) is 9.76. The van der Waals surface area contributed by atoms with Gasteiger partial charge in [0.05, 0.1) is 6.20 Å². The SMILES string of the molecule is CCC(CC)C(NCc1cn[nH]c1C)c1ccccc1. The van der Waals surface area contributed by atoms with Crippen molar-refractivity contribution in [2.75, 3.05) is 0 Å². The summed E-state index contributed by atoms with van der Waals surface area (Å²) in [5, 5.41) is 10.8. The summed E-state index contributed by atoms with van der Waals surface area (Å²) in [5.74, 6) is 0.657. The lowest BCUT2D eigenvalue weighted by atomic mass is 9.88. The fourth-order valence-corrected chi connectivity index (χ4v) is 2.75. The van der Waals surface area contributed by atoms with Gasteiger partial charge in [-0.1, -0.05) is 57.0 Å². The van der Waals surface area contributed by atoms with E-state index >= 15 is 0 Å². The van der Waals surface area contributed by atoms with Crippen molar-refractivity contribution in [3.63, 3.8) is 0 Å². The van der Waals surface area contributed by atoms with E-state index in [0.717, 1.165) is 12.2 Å². The van der Waals surface area contributed by atoms with Crippen molar-refractivity contribution < 1.29 is 0 Å². The van der Waals surface area contributed by atoms with Gasteiger partial charge in [-0.15, -0.1) is 0 Å². The zero-order valence-electron chi connectivity index (χ0n) is 12.7. The number of hydrogen-bond acceptors (Lipinski definition) is 2. The summed E-state index contributed by atoms with van der Waals surface area (Å²) in [4.78, 5) is 0. The highest BCUT2D eigenvalue weighted by Gasteiger charge is 2.20. The van der Waals surface area contributed by atoms with Crippen molar-refractivity contribution in [1.82, 2.24) is 15.5 Å². The van der Waals surface area contributed by atoms with Crippen LogP contribution in [0.1, 0.15) is 49.6 Å². The maximum absolute atomic E-state index is 4.09. The van der Waals surface area contributed by atoms with Crippen LogP contribution in [0, 0.1) is 12.8 Å². The number of aryl methyl sites for hydroxylation is 1. The third-order valence-corrected chi connectivity index (χ3v) is 4.13. The number of hydrogen-bond donors (Lipinski definition) is 2. The second-order valence-corrected chi connectivity index (χ2v) is 5.37. The lowest BCUT2D eigenvalue weighted by Crippen LogP contribution is -2.27. The van der Waals surface area contributed by atoms with E-state index in [2.05, 4.69) is 66.6 Å². The van der Waals surface area contributed by atoms with Gasteiger partial charge >= 0.3 is 0 Å². The topological polar surface area (TPSA) is 40.7 Å². The number of nitrogens with zero attached hydrogens (tertiary/aromatic N) is 1. The molecule has 0 saturated carbocycles. The maximum Gasteiger partial charge on any atom is 0.0535 e. The first-order valence-electron chi connectivity index (χ1n) is 7.53. The van der Waals surface area contributed by atoms with Crippen molar-refractivity contribution in [3.05, 3.63) is 53.3 Å². The Morgan fingerprint density at radius 2 is 1.85 bits per heavy atom. The van der Waals surface area contributed by atoms with Gasteiger partial charge in [-0.3, -0.25) is 5.10 Å². The summed E-state index contributed by atoms with van der Waals surface area (Å²) in [7, 11) is 0. The van der Waals surface area contributed by atoms with E-state index in [4.69, 9.17) is 0 Å². The average molecular weight is 271 g/mol. The van der Waals surface area contributed by atoms with Gasteiger partial charge < -0.3 is 5.32 Å². The van der Waals surface area contributed by atoms with Crippen LogP contribution in [0.5, 0.6) is 0 Å². The Hall–Kier alpha value is -1.61. The van der Waals surface area contributed by atoms with Crippen LogP contribution in [0.4, 0.5) is 0 Å². The van der Waals surface area contributed by atoms with Gasteiger partial charge in [-0.25, -0.2) is 0 Å². The number of benzene rings is 1. The van der Waals surface area contributed by atoms with Crippen LogP contribution in [0.3, 0.4) is 0 Å². The third-order valence-electron chi connectivity index (χ3n) is 4.13. The molecule has 0 aliphatic carbocycles. The molecule has 0 bridgehead atoms. The highest BCUT2D eigenvalue weighted by Crippen LogP contribution is 2.27. The molecule has 108 valence electrons. The lowest BCUT2D eigenvalue weighted by molar-refractivity contribution is 0.339. The summed E-state index contributed by atoms with van der Waals surface area (Å²) >= 11 is 0. The predicted octanol–water partition coefficient (Wildman–Crippen LogP) is 3.99. The smallest absolute Gasteiger partial charge is 0.0535 e. The molecule has 1 atom stereocenters. The fraction of sp³-hybridized carbons (Fsp3) is 0.471. The monoisotopic (exact) mass is 271 g/mol.